The Morgan fingerprint density at radius 3 is 2.76 bits per heavy atom. The molecule has 2 N–H and O–H groups in total. The van der Waals surface area contributed by atoms with E-state index in [0.29, 0.717) is 22.7 Å². The van der Waals surface area contributed by atoms with Crippen LogP contribution in [0.15, 0.2) is 28.1 Å². The molecular formula is C12H15N3O4S2. The number of aromatic nitrogens is 1. The second kappa shape index (κ2) is 6.06. The number of nitrogens with two attached hydrogens (primary N) is 1. The summed E-state index contributed by atoms with van der Waals surface area (Å²) >= 11 is 1.23. The summed E-state index contributed by atoms with van der Waals surface area (Å²) in [5.41, 5.74) is 0.782. The SMILES string of the molecule is COCCn1c(=NC(C)=O)sc2cc(S(N)(=O)=O)ccc21. The number of hydrogen-bond acceptors (Lipinski definition) is 5. The van der Waals surface area contributed by atoms with Gasteiger partial charge in [0, 0.05) is 20.6 Å². The summed E-state index contributed by atoms with van der Waals surface area (Å²) in [4.78, 5) is 15.7. The van der Waals surface area contributed by atoms with Crippen LogP contribution < -0.4 is 9.94 Å². The topological polar surface area (TPSA) is 104 Å². The lowest BCUT2D eigenvalue weighted by Crippen LogP contribution is -2.18. The molecule has 0 fully saturated rings. The van der Waals surface area contributed by atoms with E-state index >= 15 is 0 Å². The summed E-state index contributed by atoms with van der Waals surface area (Å²) in [6.45, 7) is 2.33. The molecule has 114 valence electrons. The highest BCUT2D eigenvalue weighted by Crippen LogP contribution is 2.21. The average molecular weight is 329 g/mol. The van der Waals surface area contributed by atoms with Crippen LogP contribution in [0.3, 0.4) is 0 Å². The van der Waals surface area contributed by atoms with Gasteiger partial charge in [0.2, 0.25) is 15.9 Å². The van der Waals surface area contributed by atoms with E-state index in [1.807, 2.05) is 4.57 Å². The third kappa shape index (κ3) is 3.56. The zero-order valence-corrected chi connectivity index (χ0v) is 13.2. The Kier molecular flexibility index (Phi) is 4.57. The van der Waals surface area contributed by atoms with E-state index in [-0.39, 0.29) is 10.8 Å². The Balaban J connectivity index is 2.70. The van der Waals surface area contributed by atoms with Crippen LogP contribution in [-0.2, 0) is 26.1 Å². The van der Waals surface area contributed by atoms with Gasteiger partial charge >= 0.3 is 0 Å². The van der Waals surface area contributed by atoms with Gasteiger partial charge in [-0.2, -0.15) is 4.99 Å². The first kappa shape index (κ1) is 15.8. The van der Waals surface area contributed by atoms with Crippen molar-refractivity contribution in [3.63, 3.8) is 0 Å². The van der Waals surface area contributed by atoms with Gasteiger partial charge in [0.05, 0.1) is 21.7 Å². The van der Waals surface area contributed by atoms with Crippen LogP contribution in [0, 0.1) is 0 Å². The Morgan fingerprint density at radius 1 is 1.48 bits per heavy atom. The van der Waals surface area contributed by atoms with Gasteiger partial charge in [-0.1, -0.05) is 11.3 Å². The normalized spacial score (nSPS) is 13.0. The number of thiazole rings is 1. The number of amides is 1. The van der Waals surface area contributed by atoms with Crippen molar-refractivity contribution in [2.75, 3.05) is 13.7 Å². The largest absolute Gasteiger partial charge is 0.383 e. The number of carbonyl (C=O) groups is 1. The average Bonchev–Trinajstić information content (AvgIpc) is 2.70. The number of hydrogen-bond donors (Lipinski definition) is 1. The highest BCUT2D eigenvalue weighted by Gasteiger charge is 2.12. The summed E-state index contributed by atoms with van der Waals surface area (Å²) in [7, 11) is -2.18. The summed E-state index contributed by atoms with van der Waals surface area (Å²) < 4.78 is 30.3. The van der Waals surface area contributed by atoms with Crippen molar-refractivity contribution in [3.8, 4) is 0 Å². The highest BCUT2D eigenvalue weighted by atomic mass is 32.2. The van der Waals surface area contributed by atoms with Crippen LogP contribution in [0.5, 0.6) is 0 Å². The third-order valence-corrected chi connectivity index (χ3v) is 4.71. The maximum atomic E-state index is 11.4. The first-order valence-electron chi connectivity index (χ1n) is 6.03. The molecule has 1 amide bonds. The van der Waals surface area contributed by atoms with Gasteiger partial charge in [-0.05, 0) is 18.2 Å². The number of primary sulfonamides is 1. The van der Waals surface area contributed by atoms with Crippen molar-refractivity contribution in [1.82, 2.24) is 4.57 Å². The molecule has 0 saturated heterocycles. The molecule has 1 heterocycles. The van der Waals surface area contributed by atoms with E-state index < -0.39 is 10.0 Å². The molecule has 0 aliphatic heterocycles. The number of nitrogens with zero attached hydrogens (tertiary/aromatic N) is 2. The Hall–Kier alpha value is -1.55. The Morgan fingerprint density at radius 2 is 2.19 bits per heavy atom. The summed E-state index contributed by atoms with van der Waals surface area (Å²) in [6, 6.07) is 4.57. The lowest BCUT2D eigenvalue weighted by molar-refractivity contribution is -0.116. The monoisotopic (exact) mass is 329 g/mol. The molecule has 0 atom stereocenters. The predicted molar refractivity (Wildman–Crippen MR) is 79.3 cm³/mol. The lowest BCUT2D eigenvalue weighted by Gasteiger charge is -2.04. The van der Waals surface area contributed by atoms with E-state index in [1.54, 1.807) is 13.2 Å². The van der Waals surface area contributed by atoms with E-state index in [0.717, 1.165) is 5.52 Å². The van der Waals surface area contributed by atoms with Crippen LogP contribution in [0.25, 0.3) is 10.2 Å². The molecule has 1 aromatic carbocycles. The number of sulfonamides is 1. The fraction of sp³-hybridized carbons (Fsp3) is 0.333. The molecule has 0 spiro atoms. The number of rotatable bonds is 4. The zero-order valence-electron chi connectivity index (χ0n) is 11.6. The zero-order chi connectivity index (χ0) is 15.6. The molecule has 0 unspecified atom stereocenters. The molecule has 21 heavy (non-hydrogen) atoms. The fourth-order valence-electron chi connectivity index (χ4n) is 1.85. The van der Waals surface area contributed by atoms with Gasteiger partial charge in [-0.15, -0.1) is 0 Å². The molecule has 9 heteroatoms. The summed E-state index contributed by atoms with van der Waals surface area (Å²) in [5.74, 6) is -0.320. The van der Waals surface area contributed by atoms with Crippen molar-refractivity contribution in [1.29, 1.82) is 0 Å². The molecule has 7 nitrogen and oxygen atoms in total. The van der Waals surface area contributed by atoms with E-state index in [4.69, 9.17) is 9.88 Å². The van der Waals surface area contributed by atoms with Crippen LogP contribution in [0.1, 0.15) is 6.92 Å². The molecule has 2 aromatic rings. The molecule has 0 radical (unpaired) electrons. The van der Waals surface area contributed by atoms with E-state index in [9.17, 15) is 13.2 Å². The molecule has 0 aliphatic rings. The number of benzene rings is 1. The third-order valence-electron chi connectivity index (χ3n) is 2.75. The lowest BCUT2D eigenvalue weighted by atomic mass is 10.3. The van der Waals surface area contributed by atoms with Crippen LogP contribution >= 0.6 is 11.3 Å². The summed E-state index contributed by atoms with van der Waals surface area (Å²) in [6.07, 6.45) is 0. The number of ether oxygens (including phenoxy) is 1. The molecule has 0 saturated carbocycles. The van der Waals surface area contributed by atoms with Gasteiger partial charge in [0.1, 0.15) is 0 Å². The van der Waals surface area contributed by atoms with Gasteiger partial charge in [0.25, 0.3) is 0 Å². The first-order chi connectivity index (χ1) is 9.82. The Labute approximate surface area is 125 Å². The minimum absolute atomic E-state index is 0.0320. The van der Waals surface area contributed by atoms with Gasteiger partial charge < -0.3 is 9.30 Å². The van der Waals surface area contributed by atoms with Crippen molar-refractivity contribution in [3.05, 3.63) is 23.0 Å². The highest BCUT2D eigenvalue weighted by molar-refractivity contribution is 7.89. The first-order valence-corrected chi connectivity index (χ1v) is 8.39. The van der Waals surface area contributed by atoms with Gasteiger partial charge in [0.15, 0.2) is 4.80 Å². The predicted octanol–water partition coefficient (Wildman–Crippen LogP) is 0.444. The minimum atomic E-state index is -3.76. The van der Waals surface area contributed by atoms with Crippen molar-refractivity contribution >= 4 is 37.5 Å². The second-order valence-electron chi connectivity index (χ2n) is 4.33. The molecule has 1 aromatic heterocycles. The quantitative estimate of drug-likeness (QED) is 0.879. The number of fused-ring (bicyclic) bond motifs is 1. The molecule has 2 rings (SSSR count). The maximum absolute atomic E-state index is 11.4. The van der Waals surface area contributed by atoms with Gasteiger partial charge in [-0.3, -0.25) is 4.79 Å². The maximum Gasteiger partial charge on any atom is 0.245 e. The van der Waals surface area contributed by atoms with Crippen molar-refractivity contribution in [2.24, 2.45) is 10.1 Å². The van der Waals surface area contributed by atoms with Crippen molar-refractivity contribution < 1.29 is 17.9 Å². The molecular weight excluding hydrogens is 314 g/mol. The van der Waals surface area contributed by atoms with Gasteiger partial charge in [-0.25, -0.2) is 13.6 Å². The standard InChI is InChI=1S/C12H15N3O4S2/c1-8(16)14-12-15(5-6-19-2)10-4-3-9(21(13,17)18)7-11(10)20-12/h3-4,7H,5-6H2,1-2H3,(H2,13,17,18). The minimum Gasteiger partial charge on any atom is -0.383 e. The van der Waals surface area contributed by atoms with Crippen LogP contribution in [0.2, 0.25) is 0 Å². The number of carbonyl (C=O) groups excluding carboxylic acids is 1. The fourth-order valence-corrected chi connectivity index (χ4v) is 3.60. The summed E-state index contributed by atoms with van der Waals surface area (Å²) in [5, 5.41) is 5.13. The Bertz CT molecular complexity index is 849. The molecule has 0 aliphatic carbocycles. The van der Waals surface area contributed by atoms with Crippen LogP contribution in [0.4, 0.5) is 0 Å². The smallest absolute Gasteiger partial charge is 0.245 e. The number of methoxy groups -OCH3 is 1. The van der Waals surface area contributed by atoms with E-state index in [2.05, 4.69) is 4.99 Å². The van der Waals surface area contributed by atoms with Crippen LogP contribution in [-0.4, -0.2) is 32.6 Å². The molecule has 0 bridgehead atoms. The van der Waals surface area contributed by atoms with Crippen molar-refractivity contribution in [2.45, 2.75) is 18.4 Å². The second-order valence-corrected chi connectivity index (χ2v) is 6.90. The van der Waals surface area contributed by atoms with E-state index in [1.165, 1.54) is 30.4 Å².